The van der Waals surface area contributed by atoms with Crippen LogP contribution >= 0.6 is 0 Å². The Kier molecular flexibility index (Phi) is 11.6. The van der Waals surface area contributed by atoms with Crippen LogP contribution in [0.5, 0.6) is 11.5 Å². The van der Waals surface area contributed by atoms with Crippen molar-refractivity contribution in [2.45, 2.75) is 85.6 Å². The van der Waals surface area contributed by atoms with Gasteiger partial charge in [0.2, 0.25) is 0 Å². The topological polar surface area (TPSA) is 47.6 Å². The van der Waals surface area contributed by atoms with E-state index in [1.807, 2.05) is 24.3 Å². The van der Waals surface area contributed by atoms with E-state index < -0.39 is 0 Å². The van der Waals surface area contributed by atoms with Crippen molar-refractivity contribution in [2.75, 3.05) is 12.4 Å². The maximum Gasteiger partial charge on any atom is 0.313 e. The van der Waals surface area contributed by atoms with Crippen molar-refractivity contribution in [1.29, 1.82) is 0 Å². The maximum absolute atomic E-state index is 14.1. The molecule has 0 saturated heterocycles. The molecule has 0 bridgehead atoms. The average molecular weight is 604 g/mol. The summed E-state index contributed by atoms with van der Waals surface area (Å²) < 4.78 is 12.2. The lowest BCUT2D eigenvalue weighted by molar-refractivity contribution is -0.134. The van der Waals surface area contributed by atoms with E-state index in [1.54, 1.807) is 7.11 Å². The van der Waals surface area contributed by atoms with Crippen LogP contribution in [0.3, 0.4) is 0 Å². The summed E-state index contributed by atoms with van der Waals surface area (Å²) in [5.74, 6) is 1.67. The quantitative estimate of drug-likeness (QED) is 0.0938. The van der Waals surface area contributed by atoms with Crippen molar-refractivity contribution in [3.05, 3.63) is 113 Å². The number of para-hydroxylation sites is 2. The number of unbranched alkanes of at least 4 members (excludes halogenated alkanes) is 1. The van der Waals surface area contributed by atoms with Crippen LogP contribution in [0.25, 0.3) is 22.3 Å². The van der Waals surface area contributed by atoms with E-state index in [2.05, 4.69) is 121 Å². The highest BCUT2D eigenvalue weighted by atomic mass is 16.5. The molecule has 4 rings (SSSR count). The highest BCUT2D eigenvalue weighted by molar-refractivity contribution is 5.91. The van der Waals surface area contributed by atoms with Crippen molar-refractivity contribution < 1.29 is 14.3 Å². The van der Waals surface area contributed by atoms with E-state index in [0.29, 0.717) is 17.6 Å². The SMILES string of the molecule is CCC/C=C/C(CC(=O)Oc1c(-c2ccccc2C(C)C)c(C)cc(C)c1-c1ccccc1C(C)C)Nc1ccccc1OC. The van der Waals surface area contributed by atoms with Crippen LogP contribution < -0.4 is 14.8 Å². The van der Waals surface area contributed by atoms with Gasteiger partial charge in [0.15, 0.2) is 0 Å². The standard InChI is InChI=1S/C41H49NO3/c1-9-10-11-18-31(42-36-23-16-17-24-37(36)44-8)26-38(43)45-41-39(34-21-14-12-19-32(34)27(2)3)29(6)25-30(7)40(41)35-22-15-13-20-33(35)28(4)5/h11-25,27-28,31,42H,9-10,26H2,1-8H3/b18-11+. The number of nitrogens with one attached hydrogen (secondary N) is 1. The van der Waals surface area contributed by atoms with Gasteiger partial charge in [-0.15, -0.1) is 0 Å². The Morgan fingerprint density at radius 2 is 1.33 bits per heavy atom. The molecule has 0 spiro atoms. The minimum Gasteiger partial charge on any atom is -0.495 e. The number of hydrogen-bond donors (Lipinski definition) is 1. The summed E-state index contributed by atoms with van der Waals surface area (Å²) in [5.41, 5.74) is 9.60. The van der Waals surface area contributed by atoms with Gasteiger partial charge in [-0.05, 0) is 77.6 Å². The van der Waals surface area contributed by atoms with Crippen LogP contribution in [0.1, 0.15) is 88.0 Å². The van der Waals surface area contributed by atoms with Crippen LogP contribution in [-0.2, 0) is 4.79 Å². The zero-order valence-electron chi connectivity index (χ0n) is 28.2. The van der Waals surface area contributed by atoms with Crippen molar-refractivity contribution >= 4 is 11.7 Å². The van der Waals surface area contributed by atoms with E-state index in [9.17, 15) is 4.79 Å². The molecule has 1 unspecified atom stereocenters. The van der Waals surface area contributed by atoms with Gasteiger partial charge in [0, 0.05) is 11.1 Å². The van der Waals surface area contributed by atoms with Crippen LogP contribution in [0.15, 0.2) is 91.0 Å². The number of methoxy groups -OCH3 is 1. The smallest absolute Gasteiger partial charge is 0.313 e. The van der Waals surface area contributed by atoms with Crippen molar-refractivity contribution in [1.82, 2.24) is 0 Å². The lowest BCUT2D eigenvalue weighted by Gasteiger charge is -2.25. The number of carbonyl (C=O) groups is 1. The molecule has 4 nitrogen and oxygen atoms in total. The fourth-order valence-electron chi connectivity index (χ4n) is 6.07. The summed E-state index contributed by atoms with van der Waals surface area (Å²) in [5, 5.41) is 3.52. The first kappa shape index (κ1) is 33.6. The summed E-state index contributed by atoms with van der Waals surface area (Å²) in [7, 11) is 1.66. The van der Waals surface area contributed by atoms with E-state index in [-0.39, 0.29) is 18.4 Å². The number of benzene rings is 4. The van der Waals surface area contributed by atoms with Gasteiger partial charge in [-0.3, -0.25) is 4.79 Å². The van der Waals surface area contributed by atoms with Crippen LogP contribution in [-0.4, -0.2) is 19.1 Å². The van der Waals surface area contributed by atoms with Gasteiger partial charge in [0.05, 0.1) is 25.3 Å². The van der Waals surface area contributed by atoms with Crippen LogP contribution in [0.4, 0.5) is 5.69 Å². The number of anilines is 1. The molecule has 45 heavy (non-hydrogen) atoms. The summed E-state index contributed by atoms with van der Waals surface area (Å²) in [6.07, 6.45) is 6.32. The Hall–Kier alpha value is -4.31. The summed E-state index contributed by atoms with van der Waals surface area (Å²) in [6, 6.07) is 26.7. The fourth-order valence-corrected chi connectivity index (χ4v) is 6.07. The molecule has 0 aromatic heterocycles. The zero-order chi connectivity index (χ0) is 32.5. The van der Waals surface area contributed by atoms with Gasteiger partial charge < -0.3 is 14.8 Å². The lowest BCUT2D eigenvalue weighted by Crippen LogP contribution is -2.24. The molecule has 0 saturated carbocycles. The minimum absolute atomic E-state index is 0.155. The summed E-state index contributed by atoms with van der Waals surface area (Å²) in [4.78, 5) is 14.1. The molecule has 0 fully saturated rings. The largest absolute Gasteiger partial charge is 0.495 e. The minimum atomic E-state index is -0.292. The van der Waals surface area contributed by atoms with Crippen molar-refractivity contribution in [2.24, 2.45) is 0 Å². The monoisotopic (exact) mass is 603 g/mol. The molecular weight excluding hydrogens is 554 g/mol. The molecule has 0 amide bonds. The highest BCUT2D eigenvalue weighted by Crippen LogP contribution is 2.47. The first-order chi connectivity index (χ1) is 21.7. The molecule has 1 atom stereocenters. The van der Waals surface area contributed by atoms with E-state index in [4.69, 9.17) is 9.47 Å². The van der Waals surface area contributed by atoms with E-state index in [0.717, 1.165) is 57.7 Å². The van der Waals surface area contributed by atoms with E-state index >= 15 is 0 Å². The van der Waals surface area contributed by atoms with Gasteiger partial charge in [0.1, 0.15) is 11.5 Å². The molecule has 4 heteroatoms. The number of allylic oxidation sites excluding steroid dienone is 1. The summed E-state index contributed by atoms with van der Waals surface area (Å²) >= 11 is 0. The molecule has 0 heterocycles. The van der Waals surface area contributed by atoms with Crippen LogP contribution in [0, 0.1) is 13.8 Å². The van der Waals surface area contributed by atoms with Gasteiger partial charge in [-0.1, -0.05) is 120 Å². The predicted octanol–water partition coefficient (Wildman–Crippen LogP) is 11.0. The fraction of sp³-hybridized carbons (Fsp3) is 0.341. The average Bonchev–Trinajstić information content (AvgIpc) is 3.01. The zero-order valence-corrected chi connectivity index (χ0v) is 28.2. The predicted molar refractivity (Wildman–Crippen MR) is 190 cm³/mol. The Bertz CT molecular complexity index is 1560. The second kappa shape index (κ2) is 15.6. The molecule has 1 N–H and O–H groups in total. The Morgan fingerprint density at radius 1 is 0.800 bits per heavy atom. The van der Waals surface area contributed by atoms with Crippen molar-refractivity contribution in [3.8, 4) is 33.8 Å². The first-order valence-electron chi connectivity index (χ1n) is 16.3. The lowest BCUT2D eigenvalue weighted by atomic mass is 9.84. The number of hydrogen-bond acceptors (Lipinski definition) is 4. The third kappa shape index (κ3) is 8.05. The van der Waals surface area contributed by atoms with Gasteiger partial charge in [-0.2, -0.15) is 0 Å². The van der Waals surface area contributed by atoms with E-state index in [1.165, 1.54) is 11.1 Å². The number of aryl methyl sites for hydroxylation is 2. The van der Waals surface area contributed by atoms with Crippen molar-refractivity contribution in [3.63, 3.8) is 0 Å². The molecule has 4 aromatic carbocycles. The maximum atomic E-state index is 14.1. The van der Waals surface area contributed by atoms with Gasteiger partial charge >= 0.3 is 5.97 Å². The molecule has 0 aliphatic rings. The third-order valence-electron chi connectivity index (χ3n) is 8.25. The molecule has 0 radical (unpaired) electrons. The Labute approximate surface area is 270 Å². The third-order valence-corrected chi connectivity index (χ3v) is 8.25. The molecule has 0 aliphatic carbocycles. The highest BCUT2D eigenvalue weighted by Gasteiger charge is 2.26. The second-order valence-corrected chi connectivity index (χ2v) is 12.4. The molecular formula is C41H49NO3. The number of esters is 1. The number of ether oxygens (including phenoxy) is 2. The van der Waals surface area contributed by atoms with Crippen LogP contribution in [0.2, 0.25) is 0 Å². The number of carbonyl (C=O) groups excluding carboxylic acids is 1. The van der Waals surface area contributed by atoms with Gasteiger partial charge in [0.25, 0.3) is 0 Å². The summed E-state index contributed by atoms with van der Waals surface area (Å²) in [6.45, 7) is 15.2. The Balaban J connectivity index is 1.86. The molecule has 0 aliphatic heterocycles. The second-order valence-electron chi connectivity index (χ2n) is 12.4. The Morgan fingerprint density at radius 3 is 1.87 bits per heavy atom. The normalized spacial score (nSPS) is 12.1. The first-order valence-corrected chi connectivity index (χ1v) is 16.3. The number of rotatable bonds is 13. The van der Waals surface area contributed by atoms with Gasteiger partial charge in [-0.25, -0.2) is 0 Å². The molecule has 236 valence electrons. The molecule has 4 aromatic rings.